The molecule has 1 saturated carbocycles. The Morgan fingerprint density at radius 2 is 2.05 bits per heavy atom. The number of hydrogen-bond donors (Lipinski definition) is 0. The molecule has 1 aromatic heterocycles. The number of ether oxygens (including phenoxy) is 1. The fraction of sp³-hybridized carbons (Fsp3) is 0.667. The van der Waals surface area contributed by atoms with Crippen LogP contribution in [-0.2, 0) is 19.6 Å². The van der Waals surface area contributed by atoms with Crippen LogP contribution in [0.1, 0.15) is 37.0 Å². The Labute approximate surface area is 135 Å². The first-order valence-corrected chi connectivity index (χ1v) is 9.88. The summed E-state index contributed by atoms with van der Waals surface area (Å²) in [6.07, 6.45) is 4.54. The van der Waals surface area contributed by atoms with Gasteiger partial charge in [-0.2, -0.15) is 4.31 Å². The molecule has 1 aliphatic carbocycles. The second kappa shape index (κ2) is 5.94. The smallest absolute Gasteiger partial charge is 0.324 e. The van der Waals surface area contributed by atoms with Crippen LogP contribution in [-0.4, -0.2) is 37.9 Å². The van der Waals surface area contributed by atoms with E-state index in [1.165, 1.54) is 22.8 Å². The summed E-state index contributed by atoms with van der Waals surface area (Å²) >= 11 is 1.26. The van der Waals surface area contributed by atoms with Crippen LogP contribution in [0.15, 0.2) is 16.3 Å². The first-order chi connectivity index (χ1) is 10.4. The van der Waals surface area contributed by atoms with Crippen molar-refractivity contribution in [1.29, 1.82) is 0 Å². The fourth-order valence-corrected chi connectivity index (χ4v) is 7.01. The number of nitrogens with zero attached hydrogens (tertiary/aromatic N) is 1. The van der Waals surface area contributed by atoms with E-state index in [0.717, 1.165) is 30.6 Å². The summed E-state index contributed by atoms with van der Waals surface area (Å²) in [5.74, 6) is -0.167. The molecule has 1 aliphatic heterocycles. The quantitative estimate of drug-likeness (QED) is 0.791. The Hall–Kier alpha value is -0.920. The first kappa shape index (κ1) is 16.0. The van der Waals surface area contributed by atoms with E-state index in [4.69, 9.17) is 4.74 Å². The van der Waals surface area contributed by atoms with Gasteiger partial charge in [0.1, 0.15) is 10.3 Å². The Morgan fingerprint density at radius 3 is 2.68 bits per heavy atom. The van der Waals surface area contributed by atoms with Crippen LogP contribution in [0.4, 0.5) is 0 Å². The van der Waals surface area contributed by atoms with Crippen molar-refractivity contribution in [3.63, 3.8) is 0 Å². The van der Waals surface area contributed by atoms with Crippen molar-refractivity contribution in [2.75, 3.05) is 7.11 Å². The van der Waals surface area contributed by atoms with Crippen LogP contribution < -0.4 is 0 Å². The fourth-order valence-electron chi connectivity index (χ4n) is 3.76. The van der Waals surface area contributed by atoms with Crippen LogP contribution in [0, 0.1) is 12.8 Å². The average molecular weight is 343 g/mol. The lowest BCUT2D eigenvalue weighted by Gasteiger charge is -2.31. The van der Waals surface area contributed by atoms with E-state index < -0.39 is 22.0 Å². The Morgan fingerprint density at radius 1 is 1.32 bits per heavy atom. The third-order valence-electron chi connectivity index (χ3n) is 4.75. The number of thiophene rings is 1. The molecule has 0 unspecified atom stereocenters. The van der Waals surface area contributed by atoms with Crippen LogP contribution in [0.25, 0.3) is 0 Å². The van der Waals surface area contributed by atoms with Gasteiger partial charge in [0.2, 0.25) is 0 Å². The predicted molar refractivity (Wildman–Crippen MR) is 84.2 cm³/mol. The van der Waals surface area contributed by atoms with E-state index in [1.54, 1.807) is 12.1 Å². The summed E-state index contributed by atoms with van der Waals surface area (Å²) in [6.45, 7) is 1.88. The summed E-state index contributed by atoms with van der Waals surface area (Å²) < 4.78 is 32.8. The standard InChI is InChI=1S/C15H21NO4S2/c1-10-7-8-14(21-10)22(18,19)16-12-6-4-3-5-11(12)9-13(16)15(17)20-2/h7-8,11-13H,3-6,9H2,1-2H3/t11-,12+,13-/m0/s1. The number of hydrogen-bond acceptors (Lipinski definition) is 5. The van der Waals surface area contributed by atoms with E-state index in [1.807, 2.05) is 6.92 Å². The topological polar surface area (TPSA) is 63.7 Å². The Bertz CT molecular complexity index is 667. The van der Waals surface area contributed by atoms with Crippen LogP contribution >= 0.6 is 11.3 Å². The molecule has 122 valence electrons. The van der Waals surface area contributed by atoms with Gasteiger partial charge in [-0.15, -0.1) is 11.3 Å². The lowest BCUT2D eigenvalue weighted by molar-refractivity contribution is -0.144. The minimum absolute atomic E-state index is 0.0646. The number of esters is 1. The lowest BCUT2D eigenvalue weighted by atomic mass is 9.85. The molecule has 7 heteroatoms. The molecule has 0 aromatic carbocycles. The van der Waals surface area contributed by atoms with E-state index in [2.05, 4.69) is 0 Å². The van der Waals surface area contributed by atoms with Crippen LogP contribution in [0.3, 0.4) is 0 Å². The number of carbonyl (C=O) groups is 1. The molecule has 0 amide bonds. The normalized spacial score (nSPS) is 29.3. The third kappa shape index (κ3) is 2.59. The zero-order valence-corrected chi connectivity index (χ0v) is 14.5. The summed E-state index contributed by atoms with van der Waals surface area (Å²) in [6, 6.07) is 2.70. The molecule has 0 spiro atoms. The number of fused-ring (bicyclic) bond motifs is 1. The summed E-state index contributed by atoms with van der Waals surface area (Å²) in [5.41, 5.74) is 0. The molecule has 0 radical (unpaired) electrons. The Balaban J connectivity index is 2.01. The molecule has 5 nitrogen and oxygen atoms in total. The van der Waals surface area contributed by atoms with Crippen LogP contribution in [0.2, 0.25) is 0 Å². The average Bonchev–Trinajstić information content (AvgIpc) is 3.10. The number of carbonyl (C=O) groups excluding carboxylic acids is 1. The van der Waals surface area contributed by atoms with Gasteiger partial charge in [-0.1, -0.05) is 12.8 Å². The minimum Gasteiger partial charge on any atom is -0.468 e. The summed E-state index contributed by atoms with van der Waals surface area (Å²) in [5, 5.41) is 0. The zero-order chi connectivity index (χ0) is 15.9. The van der Waals surface area contributed by atoms with E-state index >= 15 is 0 Å². The lowest BCUT2D eigenvalue weighted by Crippen LogP contribution is -2.46. The number of aryl methyl sites for hydroxylation is 1. The van der Waals surface area contributed by atoms with E-state index in [9.17, 15) is 13.2 Å². The summed E-state index contributed by atoms with van der Waals surface area (Å²) in [4.78, 5) is 13.1. The highest BCUT2D eigenvalue weighted by Crippen LogP contribution is 2.43. The van der Waals surface area contributed by atoms with Crippen molar-refractivity contribution in [2.24, 2.45) is 5.92 Å². The van der Waals surface area contributed by atoms with Crippen molar-refractivity contribution in [3.05, 3.63) is 17.0 Å². The molecule has 2 fully saturated rings. The van der Waals surface area contributed by atoms with E-state index in [-0.39, 0.29) is 12.0 Å². The maximum Gasteiger partial charge on any atom is 0.324 e. The maximum absolute atomic E-state index is 13.1. The number of rotatable bonds is 3. The predicted octanol–water partition coefficient (Wildman–Crippen LogP) is 2.55. The monoisotopic (exact) mass is 343 g/mol. The number of sulfonamides is 1. The molecule has 3 atom stereocenters. The molecule has 1 aromatic rings. The van der Waals surface area contributed by atoms with Crippen molar-refractivity contribution >= 4 is 27.3 Å². The number of methoxy groups -OCH3 is 1. The van der Waals surface area contributed by atoms with E-state index in [0.29, 0.717) is 10.6 Å². The highest BCUT2D eigenvalue weighted by molar-refractivity contribution is 7.91. The van der Waals surface area contributed by atoms with Crippen molar-refractivity contribution in [1.82, 2.24) is 4.31 Å². The molecule has 22 heavy (non-hydrogen) atoms. The van der Waals surface area contributed by atoms with Crippen molar-refractivity contribution < 1.29 is 17.9 Å². The molecule has 2 heterocycles. The largest absolute Gasteiger partial charge is 0.468 e. The maximum atomic E-state index is 13.1. The molecule has 0 bridgehead atoms. The van der Waals surface area contributed by atoms with Gasteiger partial charge in [0.15, 0.2) is 0 Å². The molecular weight excluding hydrogens is 322 g/mol. The van der Waals surface area contributed by atoms with Crippen LogP contribution in [0.5, 0.6) is 0 Å². The summed E-state index contributed by atoms with van der Waals surface area (Å²) in [7, 11) is -2.32. The second-order valence-corrected chi connectivity index (χ2v) is 9.44. The molecular formula is C15H21NO4S2. The molecule has 0 N–H and O–H groups in total. The van der Waals surface area contributed by atoms with Gasteiger partial charge < -0.3 is 4.74 Å². The van der Waals surface area contributed by atoms with Gasteiger partial charge in [0, 0.05) is 10.9 Å². The molecule has 3 rings (SSSR count). The zero-order valence-electron chi connectivity index (χ0n) is 12.8. The van der Waals surface area contributed by atoms with Gasteiger partial charge in [0.05, 0.1) is 7.11 Å². The van der Waals surface area contributed by atoms with Crippen molar-refractivity contribution in [3.8, 4) is 0 Å². The van der Waals surface area contributed by atoms with Gasteiger partial charge in [-0.25, -0.2) is 8.42 Å². The molecule has 1 saturated heterocycles. The second-order valence-electron chi connectivity index (χ2n) is 6.09. The van der Waals surface area contributed by atoms with Gasteiger partial charge in [-0.05, 0) is 44.2 Å². The van der Waals surface area contributed by atoms with Gasteiger partial charge in [0.25, 0.3) is 10.0 Å². The molecule has 2 aliphatic rings. The minimum atomic E-state index is -3.64. The van der Waals surface area contributed by atoms with Gasteiger partial charge in [-0.3, -0.25) is 4.79 Å². The third-order valence-corrected chi connectivity index (χ3v) is 8.15. The first-order valence-electron chi connectivity index (χ1n) is 7.63. The highest BCUT2D eigenvalue weighted by Gasteiger charge is 2.51. The Kier molecular flexibility index (Phi) is 4.31. The van der Waals surface area contributed by atoms with Gasteiger partial charge >= 0.3 is 5.97 Å². The highest BCUT2D eigenvalue weighted by atomic mass is 32.2. The van der Waals surface area contributed by atoms with Crippen molar-refractivity contribution in [2.45, 2.75) is 55.3 Å². The SMILES string of the molecule is COC(=O)[C@@H]1C[C@@H]2CCCC[C@H]2N1S(=O)(=O)c1ccc(C)s1.